The SMILES string of the molecule is CN1CCC(N(C)c2[c]nccc2)CC1. The van der Waals surface area contributed by atoms with E-state index in [1.807, 2.05) is 6.07 Å². The summed E-state index contributed by atoms with van der Waals surface area (Å²) in [7, 11) is 4.33. The highest BCUT2D eigenvalue weighted by molar-refractivity contribution is 5.42. The van der Waals surface area contributed by atoms with Gasteiger partial charge in [-0.05, 0) is 45.1 Å². The van der Waals surface area contributed by atoms with Crippen molar-refractivity contribution in [2.24, 2.45) is 0 Å². The van der Waals surface area contributed by atoms with Crippen molar-refractivity contribution in [2.45, 2.75) is 18.9 Å². The van der Waals surface area contributed by atoms with E-state index in [0.717, 1.165) is 5.69 Å². The molecule has 1 aromatic rings. The van der Waals surface area contributed by atoms with Gasteiger partial charge in [0.05, 0.1) is 5.69 Å². The van der Waals surface area contributed by atoms with E-state index in [-0.39, 0.29) is 0 Å². The second-order valence-electron chi connectivity index (χ2n) is 4.28. The predicted octanol–water partition coefficient (Wildman–Crippen LogP) is 1.41. The fourth-order valence-corrected chi connectivity index (χ4v) is 2.09. The van der Waals surface area contributed by atoms with Gasteiger partial charge in [-0.15, -0.1) is 0 Å². The Kier molecular flexibility index (Phi) is 3.21. The first-order chi connectivity index (χ1) is 7.27. The van der Waals surface area contributed by atoms with E-state index in [9.17, 15) is 0 Å². The minimum Gasteiger partial charge on any atom is -0.370 e. The molecule has 1 aromatic heterocycles. The maximum Gasteiger partial charge on any atom is 0.114 e. The van der Waals surface area contributed by atoms with E-state index in [1.165, 1.54) is 25.9 Å². The topological polar surface area (TPSA) is 19.4 Å². The molecule has 0 atom stereocenters. The third-order valence-electron chi connectivity index (χ3n) is 3.21. The standard InChI is InChI=1S/C12H18N3/c1-14-8-5-11(6-9-14)15(2)12-4-3-7-13-10-12/h3-4,7,11H,5-6,8-9H2,1-2H3. The second kappa shape index (κ2) is 4.62. The van der Waals surface area contributed by atoms with Crippen LogP contribution in [0.2, 0.25) is 0 Å². The third-order valence-corrected chi connectivity index (χ3v) is 3.21. The minimum atomic E-state index is 0.640. The van der Waals surface area contributed by atoms with Gasteiger partial charge in [0.25, 0.3) is 0 Å². The number of rotatable bonds is 2. The molecule has 0 bridgehead atoms. The molecule has 0 aliphatic carbocycles. The van der Waals surface area contributed by atoms with Crippen LogP contribution in [0, 0.1) is 6.20 Å². The number of piperidine rings is 1. The van der Waals surface area contributed by atoms with Crippen LogP contribution in [0.3, 0.4) is 0 Å². The first-order valence-corrected chi connectivity index (χ1v) is 5.51. The van der Waals surface area contributed by atoms with Gasteiger partial charge in [0.15, 0.2) is 0 Å². The number of pyridine rings is 1. The largest absolute Gasteiger partial charge is 0.370 e. The fourth-order valence-electron chi connectivity index (χ4n) is 2.09. The zero-order valence-electron chi connectivity index (χ0n) is 9.48. The van der Waals surface area contributed by atoms with Crippen molar-refractivity contribution in [3.63, 3.8) is 0 Å². The third kappa shape index (κ3) is 2.48. The number of aromatic nitrogens is 1. The molecule has 15 heavy (non-hydrogen) atoms. The van der Waals surface area contributed by atoms with Crippen molar-refractivity contribution < 1.29 is 0 Å². The number of hydrogen-bond acceptors (Lipinski definition) is 3. The summed E-state index contributed by atoms with van der Waals surface area (Å²) in [6.45, 7) is 2.38. The molecule has 3 nitrogen and oxygen atoms in total. The summed E-state index contributed by atoms with van der Waals surface area (Å²) in [5, 5.41) is 0. The van der Waals surface area contributed by atoms with Crippen LogP contribution >= 0.6 is 0 Å². The van der Waals surface area contributed by atoms with Crippen molar-refractivity contribution in [1.82, 2.24) is 9.88 Å². The lowest BCUT2D eigenvalue weighted by Crippen LogP contribution is -2.42. The molecule has 1 saturated heterocycles. The summed E-state index contributed by atoms with van der Waals surface area (Å²) < 4.78 is 0. The molecule has 0 unspecified atom stereocenters. The lowest BCUT2D eigenvalue weighted by molar-refractivity contribution is 0.253. The molecule has 1 aliphatic heterocycles. The average Bonchev–Trinajstić information content (AvgIpc) is 2.30. The Morgan fingerprint density at radius 3 is 2.80 bits per heavy atom. The highest BCUT2D eigenvalue weighted by atomic mass is 15.2. The lowest BCUT2D eigenvalue weighted by atomic mass is 10.0. The molecule has 3 heteroatoms. The summed E-state index contributed by atoms with van der Waals surface area (Å²) in [6.07, 6.45) is 7.27. The summed E-state index contributed by atoms with van der Waals surface area (Å²) in [5.74, 6) is 0. The van der Waals surface area contributed by atoms with E-state index in [0.29, 0.717) is 6.04 Å². The first kappa shape index (κ1) is 10.4. The maximum atomic E-state index is 4.04. The molecule has 2 heterocycles. The summed E-state index contributed by atoms with van der Waals surface area (Å²) in [4.78, 5) is 8.73. The summed E-state index contributed by atoms with van der Waals surface area (Å²) in [6, 6.07) is 4.68. The second-order valence-corrected chi connectivity index (χ2v) is 4.28. The quantitative estimate of drug-likeness (QED) is 0.726. The van der Waals surface area contributed by atoms with Crippen LogP contribution in [0.4, 0.5) is 5.69 Å². The molecule has 2 rings (SSSR count). The van der Waals surface area contributed by atoms with Crippen LogP contribution in [-0.2, 0) is 0 Å². The molecule has 1 fully saturated rings. The van der Waals surface area contributed by atoms with E-state index in [2.05, 4.69) is 41.1 Å². The number of hydrogen-bond donors (Lipinski definition) is 0. The smallest absolute Gasteiger partial charge is 0.114 e. The van der Waals surface area contributed by atoms with Crippen molar-refractivity contribution in [1.29, 1.82) is 0 Å². The van der Waals surface area contributed by atoms with Crippen LogP contribution in [0.1, 0.15) is 12.8 Å². The lowest BCUT2D eigenvalue weighted by Gasteiger charge is -2.36. The van der Waals surface area contributed by atoms with Gasteiger partial charge < -0.3 is 9.80 Å². The van der Waals surface area contributed by atoms with Gasteiger partial charge in [-0.1, -0.05) is 0 Å². The summed E-state index contributed by atoms with van der Waals surface area (Å²) >= 11 is 0. The van der Waals surface area contributed by atoms with E-state index in [4.69, 9.17) is 0 Å². The molecule has 81 valence electrons. The van der Waals surface area contributed by atoms with Gasteiger partial charge in [0.1, 0.15) is 6.20 Å². The Labute approximate surface area is 91.7 Å². The van der Waals surface area contributed by atoms with E-state index < -0.39 is 0 Å². The molecule has 1 radical (unpaired) electrons. The molecule has 0 saturated carbocycles. The Balaban J connectivity index is 1.99. The Bertz CT molecular complexity index is 291. The average molecular weight is 204 g/mol. The van der Waals surface area contributed by atoms with Crippen LogP contribution in [0.5, 0.6) is 0 Å². The molecular formula is C12H18N3. The monoisotopic (exact) mass is 204 g/mol. The van der Waals surface area contributed by atoms with Crippen LogP contribution in [-0.4, -0.2) is 43.1 Å². The zero-order chi connectivity index (χ0) is 10.7. The minimum absolute atomic E-state index is 0.640. The normalized spacial score (nSPS) is 19.1. The summed E-state index contributed by atoms with van der Waals surface area (Å²) in [5.41, 5.74) is 1.10. The van der Waals surface area contributed by atoms with Crippen molar-refractivity contribution in [3.8, 4) is 0 Å². The van der Waals surface area contributed by atoms with Crippen molar-refractivity contribution in [2.75, 3.05) is 32.1 Å². The molecule has 0 amide bonds. The Morgan fingerprint density at radius 2 is 2.20 bits per heavy atom. The molecular weight excluding hydrogens is 186 g/mol. The Hall–Kier alpha value is -1.09. The van der Waals surface area contributed by atoms with Crippen molar-refractivity contribution >= 4 is 5.69 Å². The van der Waals surface area contributed by atoms with Gasteiger partial charge in [-0.3, -0.25) is 4.98 Å². The van der Waals surface area contributed by atoms with E-state index >= 15 is 0 Å². The first-order valence-electron chi connectivity index (χ1n) is 5.51. The molecule has 0 aromatic carbocycles. The van der Waals surface area contributed by atoms with Crippen LogP contribution in [0.25, 0.3) is 0 Å². The molecule has 0 spiro atoms. The molecule has 1 aliphatic rings. The number of anilines is 1. The number of nitrogens with zero attached hydrogens (tertiary/aromatic N) is 3. The predicted molar refractivity (Wildman–Crippen MR) is 62.0 cm³/mol. The van der Waals surface area contributed by atoms with Crippen molar-refractivity contribution in [3.05, 3.63) is 24.5 Å². The van der Waals surface area contributed by atoms with Crippen LogP contribution < -0.4 is 4.90 Å². The van der Waals surface area contributed by atoms with Gasteiger partial charge >= 0.3 is 0 Å². The van der Waals surface area contributed by atoms with Gasteiger partial charge in [0, 0.05) is 19.3 Å². The maximum absolute atomic E-state index is 4.04. The zero-order valence-corrected chi connectivity index (χ0v) is 9.48. The molecule has 0 N–H and O–H groups in total. The van der Waals surface area contributed by atoms with Gasteiger partial charge in [0.2, 0.25) is 0 Å². The fraction of sp³-hybridized carbons (Fsp3) is 0.583. The van der Waals surface area contributed by atoms with Crippen LogP contribution in [0.15, 0.2) is 18.3 Å². The highest BCUT2D eigenvalue weighted by Crippen LogP contribution is 2.19. The number of likely N-dealkylation sites (tertiary alicyclic amines) is 1. The van der Waals surface area contributed by atoms with Gasteiger partial charge in [-0.2, -0.15) is 0 Å². The highest BCUT2D eigenvalue weighted by Gasteiger charge is 2.20. The van der Waals surface area contributed by atoms with Gasteiger partial charge in [-0.25, -0.2) is 0 Å². The Morgan fingerprint density at radius 1 is 1.47 bits per heavy atom. The van der Waals surface area contributed by atoms with E-state index in [1.54, 1.807) is 6.20 Å².